The number of carbonyl (C=O) groups excluding carboxylic acids is 1. The van der Waals surface area contributed by atoms with E-state index < -0.39 is 16.6 Å². The van der Waals surface area contributed by atoms with Gasteiger partial charge in [0.1, 0.15) is 18.2 Å². The highest BCUT2D eigenvalue weighted by Gasteiger charge is 2.15. The van der Waals surface area contributed by atoms with Crippen LogP contribution < -0.4 is 0 Å². The summed E-state index contributed by atoms with van der Waals surface area (Å²) in [6.07, 6.45) is 1.77. The van der Waals surface area contributed by atoms with Crippen LogP contribution >= 0.6 is 0 Å². The van der Waals surface area contributed by atoms with Crippen molar-refractivity contribution in [3.8, 4) is 0 Å². The number of aromatic nitrogens is 2. The van der Waals surface area contributed by atoms with Crippen molar-refractivity contribution in [1.82, 2.24) is 9.78 Å². The van der Waals surface area contributed by atoms with Gasteiger partial charge in [-0.15, -0.1) is 0 Å². The Hall–Kier alpha value is -2.57. The number of nitrogens with zero attached hydrogens (tertiary/aromatic N) is 3. The highest BCUT2D eigenvalue weighted by molar-refractivity contribution is 5.80. The van der Waals surface area contributed by atoms with Gasteiger partial charge in [0.25, 0.3) is 5.91 Å². The highest BCUT2D eigenvalue weighted by Crippen LogP contribution is 2.11. The monoisotopic (exact) mass is 249 g/mol. The molecule has 18 heavy (non-hydrogen) atoms. The van der Waals surface area contributed by atoms with Crippen LogP contribution in [0.4, 0.5) is 10.1 Å². The van der Waals surface area contributed by atoms with E-state index in [1.54, 1.807) is 6.07 Å². The second-order valence-electron chi connectivity index (χ2n) is 3.56. The third kappa shape index (κ3) is 2.40. The van der Waals surface area contributed by atoms with E-state index in [9.17, 15) is 19.3 Å². The van der Waals surface area contributed by atoms with Gasteiger partial charge in [-0.25, -0.2) is 9.07 Å². The molecule has 1 aromatic carbocycles. The molecule has 0 radical (unpaired) electrons. The molecule has 0 atom stereocenters. The minimum Gasteiger partial charge on any atom is -0.272 e. The summed E-state index contributed by atoms with van der Waals surface area (Å²) >= 11 is 0. The highest BCUT2D eigenvalue weighted by atomic mass is 19.1. The van der Waals surface area contributed by atoms with Crippen LogP contribution in [0.2, 0.25) is 0 Å². The lowest BCUT2D eigenvalue weighted by atomic mass is 10.1. The molecule has 0 fully saturated rings. The van der Waals surface area contributed by atoms with E-state index in [1.807, 2.05) is 0 Å². The molecule has 1 aromatic heterocycles. The predicted molar refractivity (Wildman–Crippen MR) is 59.6 cm³/mol. The van der Waals surface area contributed by atoms with Crippen molar-refractivity contribution in [2.45, 2.75) is 6.42 Å². The van der Waals surface area contributed by atoms with Gasteiger partial charge in [-0.1, -0.05) is 18.2 Å². The number of hydrogen-bond donors (Lipinski definition) is 0. The Bertz CT molecular complexity index is 609. The fraction of sp³-hybridized carbons (Fsp3) is 0.0909. The fourth-order valence-corrected chi connectivity index (χ4v) is 1.43. The van der Waals surface area contributed by atoms with Crippen LogP contribution in [0.1, 0.15) is 10.4 Å². The van der Waals surface area contributed by atoms with E-state index >= 15 is 0 Å². The van der Waals surface area contributed by atoms with Crippen LogP contribution in [0.3, 0.4) is 0 Å². The second-order valence-corrected chi connectivity index (χ2v) is 3.56. The standard InChI is InChI=1S/C11H8FN3O3/c12-10-4-2-1-3-8(10)5-11(16)14-7-9(6-13-14)15(17)18/h1-4,6-7H,5H2. The van der Waals surface area contributed by atoms with E-state index in [1.165, 1.54) is 18.2 Å². The molecule has 92 valence electrons. The zero-order valence-electron chi connectivity index (χ0n) is 9.12. The summed E-state index contributed by atoms with van der Waals surface area (Å²) in [7, 11) is 0. The summed E-state index contributed by atoms with van der Waals surface area (Å²) in [6, 6.07) is 5.85. The molecule has 0 N–H and O–H groups in total. The summed E-state index contributed by atoms with van der Waals surface area (Å²) in [4.78, 5) is 21.5. The SMILES string of the molecule is O=C(Cc1ccccc1F)n1cc([N+](=O)[O-])cn1. The molecule has 7 heteroatoms. The summed E-state index contributed by atoms with van der Waals surface area (Å²) in [5, 5.41) is 14.0. The van der Waals surface area contributed by atoms with Gasteiger partial charge in [0.15, 0.2) is 0 Å². The topological polar surface area (TPSA) is 78.0 Å². The average molecular weight is 249 g/mol. The molecule has 0 aliphatic heterocycles. The Labute approximate surface area is 101 Å². The van der Waals surface area contributed by atoms with Crippen molar-refractivity contribution in [2.24, 2.45) is 0 Å². The van der Waals surface area contributed by atoms with Crippen LogP contribution in [0.5, 0.6) is 0 Å². The van der Waals surface area contributed by atoms with E-state index in [-0.39, 0.29) is 17.7 Å². The molecule has 0 saturated heterocycles. The first-order chi connectivity index (χ1) is 8.58. The smallest absolute Gasteiger partial charge is 0.272 e. The first kappa shape index (κ1) is 11.9. The maximum Gasteiger partial charge on any atom is 0.307 e. The van der Waals surface area contributed by atoms with Crippen molar-refractivity contribution in [1.29, 1.82) is 0 Å². The fourth-order valence-electron chi connectivity index (χ4n) is 1.43. The Morgan fingerprint density at radius 1 is 1.44 bits per heavy atom. The summed E-state index contributed by atoms with van der Waals surface area (Å²) in [5.74, 6) is -1.03. The number of hydrogen-bond acceptors (Lipinski definition) is 4. The molecule has 0 saturated carbocycles. The quantitative estimate of drug-likeness (QED) is 0.614. The molecule has 0 aliphatic rings. The Balaban J connectivity index is 2.17. The average Bonchev–Trinajstić information content (AvgIpc) is 2.81. The van der Waals surface area contributed by atoms with E-state index in [0.717, 1.165) is 17.1 Å². The maximum atomic E-state index is 13.3. The number of carbonyl (C=O) groups is 1. The molecule has 0 unspecified atom stereocenters. The summed E-state index contributed by atoms with van der Waals surface area (Å²) in [6.45, 7) is 0. The van der Waals surface area contributed by atoms with Crippen molar-refractivity contribution in [3.63, 3.8) is 0 Å². The Morgan fingerprint density at radius 2 is 2.17 bits per heavy atom. The number of benzene rings is 1. The zero-order chi connectivity index (χ0) is 13.1. The van der Waals surface area contributed by atoms with Gasteiger partial charge in [0.05, 0.1) is 11.3 Å². The van der Waals surface area contributed by atoms with Gasteiger partial charge in [0.2, 0.25) is 0 Å². The van der Waals surface area contributed by atoms with Crippen LogP contribution in [0.25, 0.3) is 0 Å². The zero-order valence-corrected chi connectivity index (χ0v) is 9.12. The molecule has 0 aliphatic carbocycles. The van der Waals surface area contributed by atoms with Gasteiger partial charge in [0, 0.05) is 0 Å². The molecule has 6 nitrogen and oxygen atoms in total. The molecular formula is C11H8FN3O3. The molecule has 2 rings (SSSR count). The maximum absolute atomic E-state index is 13.3. The number of rotatable bonds is 3. The molecule has 1 heterocycles. The minimum absolute atomic E-state index is 0.203. The van der Waals surface area contributed by atoms with E-state index in [0.29, 0.717) is 0 Å². The summed E-state index contributed by atoms with van der Waals surface area (Å²) in [5.41, 5.74) is -0.0578. The lowest BCUT2D eigenvalue weighted by molar-refractivity contribution is -0.384. The normalized spacial score (nSPS) is 10.3. The van der Waals surface area contributed by atoms with Crippen molar-refractivity contribution in [2.75, 3.05) is 0 Å². The Morgan fingerprint density at radius 3 is 2.78 bits per heavy atom. The molecule has 0 amide bonds. The van der Waals surface area contributed by atoms with Crippen LogP contribution in [0, 0.1) is 15.9 Å². The largest absolute Gasteiger partial charge is 0.307 e. The third-order valence-corrected chi connectivity index (χ3v) is 2.33. The lowest BCUT2D eigenvalue weighted by Crippen LogP contribution is -2.14. The first-order valence-electron chi connectivity index (χ1n) is 5.03. The van der Waals surface area contributed by atoms with Gasteiger partial charge < -0.3 is 0 Å². The predicted octanol–water partition coefficient (Wildman–Crippen LogP) is 1.81. The lowest BCUT2D eigenvalue weighted by Gasteiger charge is -2.01. The van der Waals surface area contributed by atoms with Crippen molar-refractivity contribution in [3.05, 3.63) is 58.2 Å². The van der Waals surface area contributed by atoms with E-state index in [2.05, 4.69) is 5.10 Å². The van der Waals surface area contributed by atoms with Gasteiger partial charge in [-0.05, 0) is 11.6 Å². The van der Waals surface area contributed by atoms with Crippen LogP contribution in [-0.2, 0) is 6.42 Å². The van der Waals surface area contributed by atoms with Crippen LogP contribution in [0.15, 0.2) is 36.7 Å². The third-order valence-electron chi connectivity index (χ3n) is 2.33. The van der Waals surface area contributed by atoms with Gasteiger partial charge in [-0.2, -0.15) is 5.10 Å². The Kier molecular flexibility index (Phi) is 3.13. The minimum atomic E-state index is -0.653. The van der Waals surface area contributed by atoms with Gasteiger partial charge >= 0.3 is 5.69 Å². The number of nitro groups is 1. The second kappa shape index (κ2) is 4.74. The van der Waals surface area contributed by atoms with E-state index in [4.69, 9.17) is 0 Å². The molecule has 0 bridgehead atoms. The first-order valence-corrected chi connectivity index (χ1v) is 5.03. The van der Waals surface area contributed by atoms with Crippen molar-refractivity contribution >= 4 is 11.6 Å². The number of halogens is 1. The molecule has 2 aromatic rings. The molecular weight excluding hydrogens is 241 g/mol. The van der Waals surface area contributed by atoms with Gasteiger partial charge in [-0.3, -0.25) is 14.9 Å². The molecule has 0 spiro atoms. The van der Waals surface area contributed by atoms with Crippen LogP contribution in [-0.4, -0.2) is 20.6 Å². The van der Waals surface area contributed by atoms with Crippen molar-refractivity contribution < 1.29 is 14.1 Å². The summed E-state index contributed by atoms with van der Waals surface area (Å²) < 4.78 is 14.1.